The Morgan fingerprint density at radius 1 is 1.14 bits per heavy atom. The second-order valence-electron chi connectivity index (χ2n) is 7.40. The van der Waals surface area contributed by atoms with Crippen molar-refractivity contribution in [3.05, 3.63) is 35.1 Å². The van der Waals surface area contributed by atoms with Crippen LogP contribution in [0.5, 0.6) is 0 Å². The Labute approximate surface area is 128 Å². The van der Waals surface area contributed by atoms with Gasteiger partial charge in [-0.1, -0.05) is 19.4 Å². The standard InChI is InChI=1S/C19H28FN/c1-13-3-4-16(12-21-19-7-8-19)17(9-13)11-15-5-6-18(20)10-14(15)2/h5-6,10,13,16-17,19,21H,3-4,7-9,11-12H2,1-2H3. The smallest absolute Gasteiger partial charge is 0.123 e. The SMILES string of the molecule is Cc1cc(F)ccc1CC1CC(C)CCC1CNC1CC1. The Kier molecular flexibility index (Phi) is 4.63. The zero-order valence-electron chi connectivity index (χ0n) is 13.4. The van der Waals surface area contributed by atoms with Gasteiger partial charge < -0.3 is 5.32 Å². The largest absolute Gasteiger partial charge is 0.314 e. The van der Waals surface area contributed by atoms with Crippen LogP contribution in [0.3, 0.4) is 0 Å². The monoisotopic (exact) mass is 289 g/mol. The first kappa shape index (κ1) is 15.0. The number of nitrogens with one attached hydrogen (secondary N) is 1. The molecule has 116 valence electrons. The van der Waals surface area contributed by atoms with E-state index in [-0.39, 0.29) is 5.82 Å². The van der Waals surface area contributed by atoms with Gasteiger partial charge in [0.05, 0.1) is 0 Å². The zero-order valence-corrected chi connectivity index (χ0v) is 13.4. The maximum absolute atomic E-state index is 13.3. The molecule has 3 rings (SSSR count). The topological polar surface area (TPSA) is 12.0 Å². The maximum Gasteiger partial charge on any atom is 0.123 e. The van der Waals surface area contributed by atoms with Gasteiger partial charge in [0, 0.05) is 6.04 Å². The van der Waals surface area contributed by atoms with Crippen LogP contribution in [0.2, 0.25) is 0 Å². The summed E-state index contributed by atoms with van der Waals surface area (Å²) >= 11 is 0. The molecule has 0 radical (unpaired) electrons. The summed E-state index contributed by atoms with van der Waals surface area (Å²) in [7, 11) is 0. The Hall–Kier alpha value is -0.890. The predicted molar refractivity (Wildman–Crippen MR) is 85.9 cm³/mol. The van der Waals surface area contributed by atoms with Crippen molar-refractivity contribution in [3.8, 4) is 0 Å². The first-order valence-corrected chi connectivity index (χ1v) is 8.60. The summed E-state index contributed by atoms with van der Waals surface area (Å²) in [5.41, 5.74) is 2.45. The van der Waals surface area contributed by atoms with Gasteiger partial charge in [0.2, 0.25) is 0 Å². The number of halogens is 1. The molecule has 0 saturated heterocycles. The lowest BCUT2D eigenvalue weighted by Gasteiger charge is -2.35. The molecule has 2 aliphatic carbocycles. The summed E-state index contributed by atoms with van der Waals surface area (Å²) in [6, 6.07) is 6.10. The van der Waals surface area contributed by atoms with E-state index in [1.165, 1.54) is 44.2 Å². The van der Waals surface area contributed by atoms with E-state index in [1.54, 1.807) is 12.1 Å². The van der Waals surface area contributed by atoms with Crippen LogP contribution < -0.4 is 5.32 Å². The van der Waals surface area contributed by atoms with Crippen LogP contribution in [-0.2, 0) is 6.42 Å². The Morgan fingerprint density at radius 3 is 2.67 bits per heavy atom. The number of hydrogen-bond donors (Lipinski definition) is 1. The van der Waals surface area contributed by atoms with E-state index < -0.39 is 0 Å². The van der Waals surface area contributed by atoms with Crippen molar-refractivity contribution in [2.75, 3.05) is 6.54 Å². The average Bonchev–Trinajstić information content (AvgIpc) is 3.25. The lowest BCUT2D eigenvalue weighted by Crippen LogP contribution is -2.34. The molecule has 3 atom stereocenters. The van der Waals surface area contributed by atoms with E-state index in [0.717, 1.165) is 35.8 Å². The van der Waals surface area contributed by atoms with Crippen LogP contribution >= 0.6 is 0 Å². The lowest BCUT2D eigenvalue weighted by molar-refractivity contribution is 0.183. The molecule has 0 aliphatic heterocycles. The highest BCUT2D eigenvalue weighted by Crippen LogP contribution is 2.36. The Morgan fingerprint density at radius 2 is 1.95 bits per heavy atom. The second-order valence-corrected chi connectivity index (χ2v) is 7.40. The van der Waals surface area contributed by atoms with Gasteiger partial charge in [0.1, 0.15) is 5.82 Å². The third-order valence-corrected chi connectivity index (χ3v) is 5.43. The Bertz CT molecular complexity index is 480. The number of hydrogen-bond acceptors (Lipinski definition) is 1. The van der Waals surface area contributed by atoms with E-state index >= 15 is 0 Å². The first-order valence-electron chi connectivity index (χ1n) is 8.60. The van der Waals surface area contributed by atoms with Crippen LogP contribution in [-0.4, -0.2) is 12.6 Å². The van der Waals surface area contributed by atoms with E-state index in [1.807, 2.05) is 13.0 Å². The molecule has 2 aliphatic rings. The predicted octanol–water partition coefficient (Wildman–Crippen LogP) is 4.48. The van der Waals surface area contributed by atoms with Crippen LogP contribution in [0.4, 0.5) is 4.39 Å². The fraction of sp³-hybridized carbons (Fsp3) is 0.684. The van der Waals surface area contributed by atoms with Crippen LogP contribution in [0.25, 0.3) is 0 Å². The quantitative estimate of drug-likeness (QED) is 0.842. The van der Waals surface area contributed by atoms with Crippen molar-refractivity contribution in [1.29, 1.82) is 0 Å². The summed E-state index contributed by atoms with van der Waals surface area (Å²) in [5, 5.41) is 3.72. The van der Waals surface area contributed by atoms with Gasteiger partial charge in [-0.3, -0.25) is 0 Å². The van der Waals surface area contributed by atoms with Crippen LogP contribution in [0, 0.1) is 30.5 Å². The van der Waals surface area contributed by atoms with E-state index in [4.69, 9.17) is 0 Å². The van der Waals surface area contributed by atoms with Crippen molar-refractivity contribution in [3.63, 3.8) is 0 Å². The summed E-state index contributed by atoms with van der Waals surface area (Å²) in [5.74, 6) is 2.28. The molecule has 2 saturated carbocycles. The minimum Gasteiger partial charge on any atom is -0.314 e. The summed E-state index contributed by atoms with van der Waals surface area (Å²) < 4.78 is 13.3. The van der Waals surface area contributed by atoms with Gasteiger partial charge >= 0.3 is 0 Å². The minimum atomic E-state index is -0.111. The fourth-order valence-electron chi connectivity index (χ4n) is 3.86. The molecule has 2 fully saturated rings. The second kappa shape index (κ2) is 6.48. The molecule has 3 unspecified atom stereocenters. The summed E-state index contributed by atoms with van der Waals surface area (Å²) in [6.45, 7) is 5.61. The molecule has 0 spiro atoms. The third-order valence-electron chi connectivity index (χ3n) is 5.43. The fourth-order valence-corrected chi connectivity index (χ4v) is 3.86. The molecule has 2 heteroatoms. The van der Waals surface area contributed by atoms with E-state index in [0.29, 0.717) is 0 Å². The average molecular weight is 289 g/mol. The normalized spacial score (nSPS) is 29.6. The summed E-state index contributed by atoms with van der Waals surface area (Å²) in [4.78, 5) is 0. The molecule has 1 aromatic rings. The van der Waals surface area contributed by atoms with Crippen LogP contribution in [0.15, 0.2) is 18.2 Å². The highest BCUT2D eigenvalue weighted by Gasteiger charge is 2.30. The van der Waals surface area contributed by atoms with Gasteiger partial charge in [0.25, 0.3) is 0 Å². The lowest BCUT2D eigenvalue weighted by atomic mass is 9.72. The number of benzene rings is 1. The molecular formula is C19H28FN. The molecule has 0 bridgehead atoms. The Balaban J connectivity index is 1.65. The van der Waals surface area contributed by atoms with Gasteiger partial charge in [-0.2, -0.15) is 0 Å². The molecule has 21 heavy (non-hydrogen) atoms. The molecule has 0 aromatic heterocycles. The third kappa shape index (κ3) is 4.06. The van der Waals surface area contributed by atoms with Crippen molar-refractivity contribution >= 4 is 0 Å². The zero-order chi connectivity index (χ0) is 14.8. The van der Waals surface area contributed by atoms with Gasteiger partial charge in [-0.25, -0.2) is 4.39 Å². The minimum absolute atomic E-state index is 0.111. The highest BCUT2D eigenvalue weighted by atomic mass is 19.1. The van der Waals surface area contributed by atoms with E-state index in [2.05, 4.69) is 12.2 Å². The number of aryl methyl sites for hydroxylation is 1. The molecule has 1 N–H and O–H groups in total. The molecule has 1 aromatic carbocycles. The van der Waals surface area contributed by atoms with Gasteiger partial charge in [-0.15, -0.1) is 0 Å². The van der Waals surface area contributed by atoms with E-state index in [9.17, 15) is 4.39 Å². The van der Waals surface area contributed by atoms with Gasteiger partial charge in [-0.05, 0) is 86.6 Å². The first-order chi connectivity index (χ1) is 10.1. The molecule has 0 heterocycles. The maximum atomic E-state index is 13.3. The van der Waals surface area contributed by atoms with Crippen molar-refractivity contribution in [2.24, 2.45) is 17.8 Å². The van der Waals surface area contributed by atoms with Crippen molar-refractivity contribution in [1.82, 2.24) is 5.32 Å². The molecule has 0 amide bonds. The summed E-state index contributed by atoms with van der Waals surface area (Å²) in [6.07, 6.45) is 7.90. The van der Waals surface area contributed by atoms with Crippen molar-refractivity contribution in [2.45, 2.75) is 58.4 Å². The molecular weight excluding hydrogens is 261 g/mol. The number of rotatable bonds is 5. The van der Waals surface area contributed by atoms with Gasteiger partial charge in [0.15, 0.2) is 0 Å². The van der Waals surface area contributed by atoms with Crippen LogP contribution in [0.1, 0.15) is 50.2 Å². The highest BCUT2D eigenvalue weighted by molar-refractivity contribution is 5.27. The molecule has 1 nitrogen and oxygen atoms in total. The van der Waals surface area contributed by atoms with Crippen molar-refractivity contribution < 1.29 is 4.39 Å².